The van der Waals surface area contributed by atoms with Crippen LogP contribution in [0.1, 0.15) is 31.9 Å². The second-order valence-corrected chi connectivity index (χ2v) is 8.28. The number of hydrogen-bond donors (Lipinski definition) is 1. The fourth-order valence-corrected chi connectivity index (χ4v) is 4.34. The number of nitrogens with zero attached hydrogens (tertiary/aromatic N) is 1. The highest BCUT2D eigenvalue weighted by Gasteiger charge is 2.25. The molecule has 0 fully saturated rings. The number of carbonyl (C=O) groups is 1. The molecule has 152 valence electrons. The number of ether oxygens (including phenoxy) is 1. The van der Waals surface area contributed by atoms with Crippen molar-refractivity contribution in [2.75, 3.05) is 25.0 Å². The van der Waals surface area contributed by atoms with E-state index in [-0.39, 0.29) is 23.9 Å². The number of hydrogen-bond acceptors (Lipinski definition) is 4. The Kier molecular flexibility index (Phi) is 7.60. The third kappa shape index (κ3) is 5.11. The summed E-state index contributed by atoms with van der Waals surface area (Å²) in [7, 11) is -3.78. The Labute approximate surface area is 167 Å². The van der Waals surface area contributed by atoms with E-state index >= 15 is 0 Å². The molecule has 0 saturated carbocycles. The summed E-state index contributed by atoms with van der Waals surface area (Å²) in [5.74, 6) is 0.245. The second-order valence-electron chi connectivity index (χ2n) is 6.35. The molecule has 0 aromatic heterocycles. The molecule has 0 spiro atoms. The molecule has 0 heterocycles. The largest absolute Gasteiger partial charge is 0.494 e. The van der Waals surface area contributed by atoms with Crippen molar-refractivity contribution in [2.45, 2.75) is 39.0 Å². The molecule has 1 N–H and O–H groups in total. The van der Waals surface area contributed by atoms with Crippen LogP contribution in [0.15, 0.2) is 47.4 Å². The van der Waals surface area contributed by atoms with Gasteiger partial charge in [0.25, 0.3) is 0 Å². The minimum Gasteiger partial charge on any atom is -0.494 e. The molecule has 2 aromatic rings. The van der Waals surface area contributed by atoms with Gasteiger partial charge in [-0.15, -0.1) is 0 Å². The number of aryl methyl sites for hydroxylation is 2. The predicted molar refractivity (Wildman–Crippen MR) is 111 cm³/mol. The minimum absolute atomic E-state index is 0.135. The number of amides is 1. The Balaban J connectivity index is 2.17. The smallest absolute Gasteiger partial charge is 0.243 e. The van der Waals surface area contributed by atoms with Crippen LogP contribution >= 0.6 is 0 Å². The number of benzene rings is 2. The van der Waals surface area contributed by atoms with Crippen LogP contribution in [-0.2, 0) is 21.2 Å². The highest BCUT2D eigenvalue weighted by Crippen LogP contribution is 2.22. The molecule has 0 radical (unpaired) electrons. The first-order valence-electron chi connectivity index (χ1n) is 9.44. The molecule has 0 aliphatic carbocycles. The first kappa shape index (κ1) is 21.9. The normalized spacial score (nSPS) is 11.5. The van der Waals surface area contributed by atoms with Gasteiger partial charge in [0.05, 0.1) is 18.0 Å². The molecule has 0 unspecified atom stereocenters. The Morgan fingerprint density at radius 2 is 1.75 bits per heavy atom. The zero-order valence-electron chi connectivity index (χ0n) is 16.9. The average molecular weight is 405 g/mol. The van der Waals surface area contributed by atoms with Crippen LogP contribution in [0.4, 0.5) is 5.69 Å². The molecule has 0 atom stereocenters. The highest BCUT2D eigenvalue weighted by molar-refractivity contribution is 7.89. The summed E-state index contributed by atoms with van der Waals surface area (Å²) in [5, 5.41) is 2.88. The van der Waals surface area contributed by atoms with Crippen LogP contribution in [-0.4, -0.2) is 38.3 Å². The van der Waals surface area contributed by atoms with Crippen molar-refractivity contribution in [3.63, 3.8) is 0 Å². The molecule has 2 aromatic carbocycles. The number of rotatable bonds is 9. The Morgan fingerprint density at radius 1 is 1.07 bits per heavy atom. The zero-order chi connectivity index (χ0) is 20.7. The van der Waals surface area contributed by atoms with E-state index in [1.807, 2.05) is 39.0 Å². The van der Waals surface area contributed by atoms with Gasteiger partial charge in [0.1, 0.15) is 5.75 Å². The first-order valence-corrected chi connectivity index (χ1v) is 10.9. The third-order valence-corrected chi connectivity index (χ3v) is 6.38. The summed E-state index contributed by atoms with van der Waals surface area (Å²) in [6, 6.07) is 12.0. The lowest BCUT2D eigenvalue weighted by Crippen LogP contribution is -2.38. The van der Waals surface area contributed by atoms with Gasteiger partial charge in [0.2, 0.25) is 15.9 Å². The van der Waals surface area contributed by atoms with Gasteiger partial charge in [-0.3, -0.25) is 4.79 Å². The molecule has 1 amide bonds. The van der Waals surface area contributed by atoms with Gasteiger partial charge in [-0.05, 0) is 55.7 Å². The number of likely N-dealkylation sites (N-methyl/N-ethyl adjacent to an activating group) is 1. The number of carbonyl (C=O) groups excluding carboxylic acids is 1. The van der Waals surface area contributed by atoms with Gasteiger partial charge >= 0.3 is 0 Å². The van der Waals surface area contributed by atoms with Crippen molar-refractivity contribution in [1.29, 1.82) is 0 Å². The van der Waals surface area contributed by atoms with E-state index in [1.54, 1.807) is 19.1 Å². The molecule has 0 bridgehead atoms. The summed E-state index contributed by atoms with van der Waals surface area (Å²) >= 11 is 0. The minimum atomic E-state index is -3.78. The summed E-state index contributed by atoms with van der Waals surface area (Å²) in [4.78, 5) is 12.7. The van der Waals surface area contributed by atoms with E-state index in [0.717, 1.165) is 23.2 Å². The summed E-state index contributed by atoms with van der Waals surface area (Å²) in [6.45, 7) is 7.96. The molecule has 0 aliphatic heterocycles. The molecule has 6 nitrogen and oxygen atoms in total. The third-order valence-electron chi connectivity index (χ3n) is 4.45. The van der Waals surface area contributed by atoms with Gasteiger partial charge < -0.3 is 10.1 Å². The molecule has 28 heavy (non-hydrogen) atoms. The fourth-order valence-electron chi connectivity index (χ4n) is 2.93. The molecule has 7 heteroatoms. The van der Waals surface area contributed by atoms with Crippen LogP contribution in [0, 0.1) is 6.92 Å². The van der Waals surface area contributed by atoms with Crippen molar-refractivity contribution >= 4 is 21.6 Å². The van der Waals surface area contributed by atoms with Crippen molar-refractivity contribution < 1.29 is 17.9 Å². The van der Waals surface area contributed by atoms with E-state index in [0.29, 0.717) is 12.4 Å². The van der Waals surface area contributed by atoms with E-state index in [1.165, 1.54) is 16.4 Å². The van der Waals surface area contributed by atoms with Gasteiger partial charge in [0.15, 0.2) is 0 Å². The maximum Gasteiger partial charge on any atom is 0.243 e. The lowest BCUT2D eigenvalue weighted by Gasteiger charge is -2.21. The quantitative estimate of drug-likeness (QED) is 0.693. The fraction of sp³-hybridized carbons (Fsp3) is 0.381. The van der Waals surface area contributed by atoms with Crippen molar-refractivity contribution in [1.82, 2.24) is 4.31 Å². The summed E-state index contributed by atoms with van der Waals surface area (Å²) in [5.41, 5.74) is 2.72. The van der Waals surface area contributed by atoms with Crippen LogP contribution < -0.4 is 10.1 Å². The number of anilines is 1. The number of nitrogens with one attached hydrogen (secondary N) is 1. The molecular formula is C21H28N2O4S. The van der Waals surface area contributed by atoms with Crippen LogP contribution in [0.2, 0.25) is 0 Å². The van der Waals surface area contributed by atoms with E-state index < -0.39 is 10.0 Å². The standard InChI is InChI=1S/C21H28N2O4S/c1-5-17-10-8-9-16(4)21(17)22-20(24)15-23(6-2)28(25,26)19-13-11-18(12-14-19)27-7-3/h8-14H,5-7,15H2,1-4H3,(H,22,24). The van der Waals surface area contributed by atoms with Crippen molar-refractivity contribution in [2.24, 2.45) is 0 Å². The van der Waals surface area contributed by atoms with E-state index in [4.69, 9.17) is 4.74 Å². The summed E-state index contributed by atoms with van der Waals surface area (Å²) < 4.78 is 32.4. The average Bonchev–Trinajstić information content (AvgIpc) is 2.68. The van der Waals surface area contributed by atoms with Gasteiger partial charge in [0, 0.05) is 12.2 Å². The van der Waals surface area contributed by atoms with Crippen molar-refractivity contribution in [3.8, 4) is 5.75 Å². The Bertz CT molecular complexity index is 909. The molecule has 2 rings (SSSR count). The lowest BCUT2D eigenvalue weighted by atomic mass is 10.1. The van der Waals surface area contributed by atoms with Gasteiger partial charge in [-0.2, -0.15) is 4.31 Å². The maximum absolute atomic E-state index is 12.9. The monoisotopic (exact) mass is 404 g/mol. The van der Waals surface area contributed by atoms with E-state index in [9.17, 15) is 13.2 Å². The highest BCUT2D eigenvalue weighted by atomic mass is 32.2. The summed E-state index contributed by atoms with van der Waals surface area (Å²) in [6.07, 6.45) is 0.777. The maximum atomic E-state index is 12.9. The van der Waals surface area contributed by atoms with Crippen LogP contribution in [0.3, 0.4) is 0 Å². The SMILES string of the molecule is CCOc1ccc(S(=O)(=O)N(CC)CC(=O)Nc2c(C)cccc2CC)cc1. The van der Waals surface area contributed by atoms with Gasteiger partial charge in [-0.25, -0.2) is 8.42 Å². The first-order chi connectivity index (χ1) is 13.3. The number of sulfonamides is 1. The van der Waals surface area contributed by atoms with Gasteiger partial charge in [-0.1, -0.05) is 32.0 Å². The Hall–Kier alpha value is -2.38. The molecular weight excluding hydrogens is 376 g/mol. The zero-order valence-corrected chi connectivity index (χ0v) is 17.7. The van der Waals surface area contributed by atoms with Crippen LogP contribution in [0.25, 0.3) is 0 Å². The second kappa shape index (κ2) is 9.71. The van der Waals surface area contributed by atoms with E-state index in [2.05, 4.69) is 5.32 Å². The molecule has 0 aliphatic rings. The Morgan fingerprint density at radius 3 is 2.32 bits per heavy atom. The topological polar surface area (TPSA) is 75.7 Å². The predicted octanol–water partition coefficient (Wildman–Crippen LogP) is 3.61. The lowest BCUT2D eigenvalue weighted by molar-refractivity contribution is -0.116. The van der Waals surface area contributed by atoms with Crippen molar-refractivity contribution in [3.05, 3.63) is 53.6 Å². The van der Waals surface area contributed by atoms with Crippen LogP contribution in [0.5, 0.6) is 5.75 Å². The number of para-hydroxylation sites is 1. The molecule has 0 saturated heterocycles.